The van der Waals surface area contributed by atoms with Crippen molar-refractivity contribution in [1.82, 2.24) is 4.90 Å². The molecule has 1 saturated heterocycles. The average molecular weight is 297 g/mol. The molecule has 1 aromatic carbocycles. The van der Waals surface area contributed by atoms with Crippen molar-refractivity contribution in [3.8, 4) is 0 Å². The molecule has 1 aromatic rings. The minimum atomic E-state index is -3.28. The molecule has 1 fully saturated rings. The van der Waals surface area contributed by atoms with Crippen molar-refractivity contribution in [2.45, 2.75) is 17.7 Å². The van der Waals surface area contributed by atoms with E-state index in [0.29, 0.717) is 5.69 Å². The van der Waals surface area contributed by atoms with Gasteiger partial charge in [-0.3, -0.25) is 0 Å². The molecule has 20 heavy (non-hydrogen) atoms. The third-order valence-corrected chi connectivity index (χ3v) is 4.96. The van der Waals surface area contributed by atoms with Gasteiger partial charge in [-0.15, -0.1) is 0 Å². The molecule has 6 heteroatoms. The molecule has 2 N–H and O–H groups in total. The van der Waals surface area contributed by atoms with Crippen LogP contribution >= 0.6 is 0 Å². The number of benzene rings is 1. The van der Waals surface area contributed by atoms with Gasteiger partial charge in [0.05, 0.1) is 16.3 Å². The van der Waals surface area contributed by atoms with E-state index in [1.807, 2.05) is 18.0 Å². The topological polar surface area (TPSA) is 66.6 Å². The summed E-state index contributed by atoms with van der Waals surface area (Å²) in [5.74, 6) is 0. The lowest BCUT2D eigenvalue weighted by molar-refractivity contribution is 0.346. The smallest absolute Gasteiger partial charge is 0.177 e. The molecular weight excluding hydrogens is 274 g/mol. The standard InChI is InChI=1S/C14H23N3O2S/c1-16(10-11-17-8-3-4-9-17)12-6-5-7-13(14(12)15)20(2,18)19/h5-7H,3-4,8-11,15H2,1-2H3. The maximum absolute atomic E-state index is 11.7. The number of likely N-dealkylation sites (tertiary alicyclic amines) is 1. The molecule has 112 valence electrons. The zero-order valence-electron chi connectivity index (χ0n) is 12.2. The van der Waals surface area contributed by atoms with Crippen molar-refractivity contribution in [2.24, 2.45) is 0 Å². The van der Waals surface area contributed by atoms with E-state index in [9.17, 15) is 8.42 Å². The third-order valence-electron chi connectivity index (χ3n) is 3.80. The Labute approximate surface area is 121 Å². The Morgan fingerprint density at radius 1 is 1.30 bits per heavy atom. The zero-order valence-corrected chi connectivity index (χ0v) is 13.0. The van der Waals surface area contributed by atoms with Crippen molar-refractivity contribution < 1.29 is 8.42 Å². The van der Waals surface area contributed by atoms with E-state index in [1.165, 1.54) is 19.1 Å². The van der Waals surface area contributed by atoms with E-state index in [4.69, 9.17) is 5.73 Å². The van der Waals surface area contributed by atoms with Gasteiger partial charge >= 0.3 is 0 Å². The highest BCUT2D eigenvalue weighted by atomic mass is 32.2. The van der Waals surface area contributed by atoms with Crippen LogP contribution in [0.25, 0.3) is 0 Å². The normalized spacial score (nSPS) is 16.5. The van der Waals surface area contributed by atoms with Crippen LogP contribution in [-0.2, 0) is 9.84 Å². The molecule has 0 aromatic heterocycles. The van der Waals surface area contributed by atoms with E-state index in [-0.39, 0.29) is 4.90 Å². The minimum absolute atomic E-state index is 0.211. The molecule has 1 aliphatic heterocycles. The van der Waals surface area contributed by atoms with Gasteiger partial charge in [-0.1, -0.05) is 6.07 Å². The Kier molecular flexibility index (Phi) is 4.55. The van der Waals surface area contributed by atoms with Crippen LogP contribution in [0.1, 0.15) is 12.8 Å². The summed E-state index contributed by atoms with van der Waals surface area (Å²) < 4.78 is 23.4. The van der Waals surface area contributed by atoms with E-state index in [2.05, 4.69) is 4.90 Å². The number of para-hydroxylation sites is 1. The second-order valence-electron chi connectivity index (χ2n) is 5.43. The Balaban J connectivity index is 2.11. The second-order valence-corrected chi connectivity index (χ2v) is 7.42. The number of hydrogen-bond acceptors (Lipinski definition) is 5. The summed E-state index contributed by atoms with van der Waals surface area (Å²) in [5.41, 5.74) is 7.15. The lowest BCUT2D eigenvalue weighted by Crippen LogP contribution is -2.31. The van der Waals surface area contributed by atoms with Crippen LogP contribution in [-0.4, -0.2) is 52.8 Å². The number of likely N-dealkylation sites (N-methyl/N-ethyl adjacent to an activating group) is 1. The van der Waals surface area contributed by atoms with Gasteiger partial charge in [0.15, 0.2) is 9.84 Å². The van der Waals surface area contributed by atoms with Crippen molar-refractivity contribution >= 4 is 21.2 Å². The van der Waals surface area contributed by atoms with E-state index in [1.54, 1.807) is 12.1 Å². The Hall–Kier alpha value is -1.27. The summed E-state index contributed by atoms with van der Waals surface area (Å²) in [6, 6.07) is 5.17. The largest absolute Gasteiger partial charge is 0.396 e. The summed E-state index contributed by atoms with van der Waals surface area (Å²) in [6.45, 7) is 4.15. The number of sulfone groups is 1. The summed E-state index contributed by atoms with van der Waals surface area (Å²) in [5, 5.41) is 0. The van der Waals surface area contributed by atoms with Crippen LogP contribution in [0.4, 0.5) is 11.4 Å². The lowest BCUT2D eigenvalue weighted by Gasteiger charge is -2.25. The Morgan fingerprint density at radius 3 is 2.55 bits per heavy atom. The SMILES string of the molecule is CN(CCN1CCCC1)c1cccc(S(C)(=O)=O)c1N. The van der Waals surface area contributed by atoms with Crippen molar-refractivity contribution in [3.63, 3.8) is 0 Å². The highest BCUT2D eigenvalue weighted by Gasteiger charge is 2.17. The molecule has 5 nitrogen and oxygen atoms in total. The maximum atomic E-state index is 11.7. The number of nitrogens with two attached hydrogens (primary N) is 1. The molecule has 1 heterocycles. The highest BCUT2D eigenvalue weighted by Crippen LogP contribution is 2.29. The molecule has 0 spiro atoms. The molecule has 2 rings (SSSR count). The monoisotopic (exact) mass is 297 g/mol. The fourth-order valence-corrected chi connectivity index (χ4v) is 3.44. The van der Waals surface area contributed by atoms with Crippen LogP contribution in [0.15, 0.2) is 23.1 Å². The predicted molar refractivity (Wildman–Crippen MR) is 82.9 cm³/mol. The quantitative estimate of drug-likeness (QED) is 0.827. The van der Waals surface area contributed by atoms with Crippen LogP contribution in [0.5, 0.6) is 0 Å². The van der Waals surface area contributed by atoms with Gasteiger partial charge in [0, 0.05) is 26.4 Å². The number of hydrogen-bond donors (Lipinski definition) is 1. The van der Waals surface area contributed by atoms with Crippen LogP contribution in [0.2, 0.25) is 0 Å². The number of anilines is 2. The minimum Gasteiger partial charge on any atom is -0.396 e. The van der Waals surface area contributed by atoms with Crippen LogP contribution in [0, 0.1) is 0 Å². The predicted octanol–water partition coefficient (Wildman–Crippen LogP) is 1.20. The molecule has 0 unspecified atom stereocenters. The van der Waals surface area contributed by atoms with Crippen LogP contribution in [0.3, 0.4) is 0 Å². The second kappa shape index (κ2) is 6.01. The fraction of sp³-hybridized carbons (Fsp3) is 0.571. The molecule has 0 amide bonds. The molecule has 0 radical (unpaired) electrons. The van der Waals surface area contributed by atoms with E-state index in [0.717, 1.165) is 31.9 Å². The third kappa shape index (κ3) is 3.43. The molecule has 0 saturated carbocycles. The molecule has 0 aliphatic carbocycles. The maximum Gasteiger partial charge on any atom is 0.177 e. The van der Waals surface area contributed by atoms with Crippen molar-refractivity contribution in [2.75, 3.05) is 50.1 Å². The van der Waals surface area contributed by atoms with Crippen molar-refractivity contribution in [3.05, 3.63) is 18.2 Å². The average Bonchev–Trinajstić information content (AvgIpc) is 2.88. The van der Waals surface area contributed by atoms with Gasteiger partial charge < -0.3 is 15.5 Å². The molecular formula is C14H23N3O2S. The molecule has 1 aliphatic rings. The molecule has 0 atom stereocenters. The van der Waals surface area contributed by atoms with Gasteiger partial charge in [0.2, 0.25) is 0 Å². The van der Waals surface area contributed by atoms with Gasteiger partial charge in [0.1, 0.15) is 0 Å². The highest BCUT2D eigenvalue weighted by molar-refractivity contribution is 7.90. The lowest BCUT2D eigenvalue weighted by atomic mass is 10.2. The summed E-state index contributed by atoms with van der Waals surface area (Å²) in [7, 11) is -1.33. The fourth-order valence-electron chi connectivity index (χ4n) is 2.61. The number of rotatable bonds is 5. The molecule has 0 bridgehead atoms. The number of nitrogen functional groups attached to an aromatic ring is 1. The first-order chi connectivity index (χ1) is 9.39. The first kappa shape index (κ1) is 15.1. The van der Waals surface area contributed by atoms with E-state index >= 15 is 0 Å². The number of nitrogens with zero attached hydrogens (tertiary/aromatic N) is 2. The van der Waals surface area contributed by atoms with Gasteiger partial charge in [-0.05, 0) is 38.1 Å². The summed E-state index contributed by atoms with van der Waals surface area (Å²) >= 11 is 0. The first-order valence-electron chi connectivity index (χ1n) is 6.91. The van der Waals surface area contributed by atoms with Gasteiger partial charge in [0.25, 0.3) is 0 Å². The first-order valence-corrected chi connectivity index (χ1v) is 8.81. The summed E-state index contributed by atoms with van der Waals surface area (Å²) in [4.78, 5) is 4.66. The van der Waals surface area contributed by atoms with Gasteiger partial charge in [-0.25, -0.2) is 8.42 Å². The van der Waals surface area contributed by atoms with Crippen molar-refractivity contribution in [1.29, 1.82) is 0 Å². The van der Waals surface area contributed by atoms with Gasteiger partial charge in [-0.2, -0.15) is 0 Å². The summed E-state index contributed by atoms with van der Waals surface area (Å²) in [6.07, 6.45) is 3.73. The Morgan fingerprint density at radius 2 is 1.95 bits per heavy atom. The zero-order chi connectivity index (χ0) is 14.8. The van der Waals surface area contributed by atoms with E-state index < -0.39 is 9.84 Å². The Bertz CT molecular complexity index is 566. The van der Waals surface area contributed by atoms with Crippen LogP contribution < -0.4 is 10.6 Å².